The number of hydrogen-bond donors (Lipinski definition) is 0. The van der Waals surface area contributed by atoms with Crippen molar-refractivity contribution in [2.24, 2.45) is 0 Å². The number of imidazole rings is 1. The van der Waals surface area contributed by atoms with Crippen molar-refractivity contribution in [1.82, 2.24) is 9.55 Å². The molecule has 0 unspecified atom stereocenters. The SMILES string of the molecule is O=C1[C]Sc2nccn21. The van der Waals surface area contributed by atoms with Crippen LogP contribution in [0.4, 0.5) is 0 Å². The molecule has 0 saturated carbocycles. The molecule has 4 heteroatoms. The zero-order valence-corrected chi connectivity index (χ0v) is 5.18. The first kappa shape index (κ1) is 5.05. The van der Waals surface area contributed by atoms with Crippen molar-refractivity contribution in [3.05, 3.63) is 18.1 Å². The number of carbonyl (C=O) groups is 1. The molecule has 0 N–H and O–H groups in total. The van der Waals surface area contributed by atoms with Crippen molar-refractivity contribution in [3.63, 3.8) is 0 Å². The largest absolute Gasteiger partial charge is 0.272 e. The number of fused-ring (bicyclic) bond motifs is 1. The van der Waals surface area contributed by atoms with Crippen molar-refractivity contribution >= 4 is 17.7 Å². The Labute approximate surface area is 56.1 Å². The van der Waals surface area contributed by atoms with Gasteiger partial charge in [-0.05, 0) is 0 Å². The molecule has 0 bridgehead atoms. The van der Waals surface area contributed by atoms with E-state index in [0.29, 0.717) is 5.16 Å². The first-order valence-corrected chi connectivity index (χ1v) is 3.20. The Morgan fingerprint density at radius 1 is 1.78 bits per heavy atom. The van der Waals surface area contributed by atoms with Gasteiger partial charge in [-0.3, -0.25) is 9.36 Å². The maximum absolute atomic E-state index is 10.7. The predicted molar refractivity (Wildman–Crippen MR) is 32.0 cm³/mol. The van der Waals surface area contributed by atoms with Gasteiger partial charge in [0.1, 0.15) is 0 Å². The second-order valence-electron chi connectivity index (χ2n) is 1.59. The van der Waals surface area contributed by atoms with Gasteiger partial charge < -0.3 is 0 Å². The van der Waals surface area contributed by atoms with Crippen LogP contribution in [0.1, 0.15) is 4.79 Å². The van der Waals surface area contributed by atoms with Crippen molar-refractivity contribution in [2.75, 3.05) is 0 Å². The summed E-state index contributed by atoms with van der Waals surface area (Å²) in [5, 5.41) is 0.708. The van der Waals surface area contributed by atoms with Crippen molar-refractivity contribution in [2.45, 2.75) is 5.16 Å². The molecule has 3 nitrogen and oxygen atoms in total. The van der Waals surface area contributed by atoms with Gasteiger partial charge in [0.25, 0.3) is 5.91 Å². The molecule has 2 rings (SSSR count). The van der Waals surface area contributed by atoms with Crippen LogP contribution in [0.25, 0.3) is 0 Å². The monoisotopic (exact) mass is 138 g/mol. The summed E-state index contributed by atoms with van der Waals surface area (Å²) in [6.45, 7) is 0. The molecule has 0 aliphatic carbocycles. The summed E-state index contributed by atoms with van der Waals surface area (Å²) in [7, 11) is 0. The number of aromatic nitrogens is 2. The van der Waals surface area contributed by atoms with Gasteiger partial charge in [-0.25, -0.2) is 4.98 Å². The van der Waals surface area contributed by atoms with Crippen LogP contribution < -0.4 is 0 Å². The highest BCUT2D eigenvalue weighted by molar-refractivity contribution is 8.02. The van der Waals surface area contributed by atoms with Gasteiger partial charge in [-0.15, -0.1) is 0 Å². The Morgan fingerprint density at radius 2 is 2.67 bits per heavy atom. The van der Waals surface area contributed by atoms with E-state index in [1.165, 1.54) is 16.3 Å². The van der Waals surface area contributed by atoms with E-state index < -0.39 is 0 Å². The highest BCUT2D eigenvalue weighted by Gasteiger charge is 2.20. The fourth-order valence-corrected chi connectivity index (χ4v) is 1.29. The van der Waals surface area contributed by atoms with E-state index in [2.05, 4.69) is 10.7 Å². The summed E-state index contributed by atoms with van der Waals surface area (Å²) in [6, 6.07) is 0. The van der Waals surface area contributed by atoms with Gasteiger partial charge in [0, 0.05) is 12.4 Å². The molecule has 0 fully saturated rings. The Kier molecular flexibility index (Phi) is 0.900. The molecule has 2 heterocycles. The molecule has 0 saturated heterocycles. The van der Waals surface area contributed by atoms with E-state index in [-0.39, 0.29) is 5.91 Å². The average Bonchev–Trinajstić information content (AvgIpc) is 2.35. The molecule has 0 aromatic carbocycles. The Balaban J connectivity index is 2.61. The lowest BCUT2D eigenvalue weighted by molar-refractivity contribution is 0.0958. The van der Waals surface area contributed by atoms with Crippen LogP contribution in [-0.4, -0.2) is 15.5 Å². The van der Waals surface area contributed by atoms with Gasteiger partial charge in [0.15, 0.2) is 10.9 Å². The molecule has 9 heavy (non-hydrogen) atoms. The predicted octanol–water partition coefficient (Wildman–Crippen LogP) is 0.668. The summed E-state index contributed by atoms with van der Waals surface area (Å²) in [6.07, 6.45) is 3.23. The normalized spacial score (nSPS) is 16.2. The first-order valence-electron chi connectivity index (χ1n) is 2.38. The highest BCUT2D eigenvalue weighted by Crippen LogP contribution is 2.26. The Bertz CT molecular complexity index is 255. The molecule has 0 atom stereocenters. The number of rotatable bonds is 0. The van der Waals surface area contributed by atoms with E-state index in [1.54, 1.807) is 12.4 Å². The first-order chi connectivity index (χ1) is 4.38. The average molecular weight is 138 g/mol. The molecule has 0 amide bonds. The van der Waals surface area contributed by atoms with E-state index in [0.717, 1.165) is 0 Å². The molecule has 1 aliphatic rings. The van der Waals surface area contributed by atoms with E-state index in [4.69, 9.17) is 0 Å². The topological polar surface area (TPSA) is 34.9 Å². The quantitative estimate of drug-likeness (QED) is 0.528. The molecular formula is C5H2N2OS. The van der Waals surface area contributed by atoms with Crippen LogP contribution in [0.3, 0.4) is 0 Å². The summed E-state index contributed by atoms with van der Waals surface area (Å²) >= 11 is 1.23. The lowest BCUT2D eigenvalue weighted by Crippen LogP contribution is -2.00. The molecular weight excluding hydrogens is 136 g/mol. The number of thioether (sulfide) groups is 1. The summed E-state index contributed by atoms with van der Waals surface area (Å²) in [5.41, 5.74) is 0. The van der Waals surface area contributed by atoms with Crippen molar-refractivity contribution in [3.8, 4) is 0 Å². The van der Waals surface area contributed by atoms with E-state index in [9.17, 15) is 4.79 Å². The van der Waals surface area contributed by atoms with Gasteiger partial charge in [0.05, 0.1) is 0 Å². The molecule has 44 valence electrons. The fraction of sp³-hybridized carbons (Fsp3) is 0. The van der Waals surface area contributed by atoms with Crippen LogP contribution in [0, 0.1) is 5.75 Å². The standard InChI is InChI=1S/C5H2N2OS/c8-4-3-9-5-6-1-2-7(4)5/h1-2H. The molecule has 1 aromatic heterocycles. The molecule has 1 aliphatic heterocycles. The smallest absolute Gasteiger partial charge is 0.253 e. The minimum absolute atomic E-state index is 0.118. The lowest BCUT2D eigenvalue weighted by atomic mass is 10.7. The van der Waals surface area contributed by atoms with Crippen LogP contribution in [0.5, 0.6) is 0 Å². The third kappa shape index (κ3) is 0.595. The Morgan fingerprint density at radius 3 is 3.44 bits per heavy atom. The molecule has 2 radical (unpaired) electrons. The summed E-state index contributed by atoms with van der Waals surface area (Å²) in [4.78, 5) is 14.6. The Hall–Kier alpha value is -0.770. The number of carbonyl (C=O) groups excluding carboxylic acids is 1. The maximum Gasteiger partial charge on any atom is 0.253 e. The second kappa shape index (κ2) is 1.60. The minimum atomic E-state index is -0.118. The second-order valence-corrected chi connectivity index (χ2v) is 2.36. The third-order valence-electron chi connectivity index (χ3n) is 1.06. The van der Waals surface area contributed by atoms with Gasteiger partial charge in [0.2, 0.25) is 0 Å². The lowest BCUT2D eigenvalue weighted by Gasteiger charge is -1.85. The van der Waals surface area contributed by atoms with Gasteiger partial charge in [-0.2, -0.15) is 0 Å². The third-order valence-corrected chi connectivity index (χ3v) is 1.82. The van der Waals surface area contributed by atoms with Crippen molar-refractivity contribution < 1.29 is 4.79 Å². The molecule has 0 spiro atoms. The zero-order chi connectivity index (χ0) is 6.27. The van der Waals surface area contributed by atoms with Gasteiger partial charge >= 0.3 is 0 Å². The van der Waals surface area contributed by atoms with Crippen LogP contribution in [-0.2, 0) is 0 Å². The maximum atomic E-state index is 10.7. The van der Waals surface area contributed by atoms with Crippen LogP contribution >= 0.6 is 11.8 Å². The summed E-state index contributed by atoms with van der Waals surface area (Å²) in [5.74, 6) is 2.43. The number of nitrogens with zero attached hydrogens (tertiary/aromatic N) is 2. The molecule has 1 aromatic rings. The van der Waals surface area contributed by atoms with Crippen LogP contribution in [0.2, 0.25) is 0 Å². The van der Waals surface area contributed by atoms with E-state index in [1.807, 2.05) is 0 Å². The highest BCUT2D eigenvalue weighted by atomic mass is 32.2. The summed E-state index contributed by atoms with van der Waals surface area (Å²) < 4.78 is 1.46. The van der Waals surface area contributed by atoms with E-state index >= 15 is 0 Å². The number of hydrogen-bond acceptors (Lipinski definition) is 3. The van der Waals surface area contributed by atoms with Crippen LogP contribution in [0.15, 0.2) is 17.6 Å². The minimum Gasteiger partial charge on any atom is -0.272 e. The zero-order valence-electron chi connectivity index (χ0n) is 4.37. The van der Waals surface area contributed by atoms with Gasteiger partial charge in [-0.1, -0.05) is 11.8 Å². The van der Waals surface area contributed by atoms with Crippen molar-refractivity contribution in [1.29, 1.82) is 0 Å². The fourth-order valence-electron chi connectivity index (χ4n) is 0.658.